The summed E-state index contributed by atoms with van der Waals surface area (Å²) in [5.41, 5.74) is 2.68. The maximum Gasteiger partial charge on any atom is 0.0968 e. The predicted molar refractivity (Wildman–Crippen MR) is 78.1 cm³/mol. The third-order valence-electron chi connectivity index (χ3n) is 3.02. The van der Waals surface area contributed by atoms with E-state index in [0.29, 0.717) is 6.04 Å². The molecule has 3 heteroatoms. The molecule has 1 heterocycles. The van der Waals surface area contributed by atoms with Gasteiger partial charge < -0.3 is 5.32 Å². The summed E-state index contributed by atoms with van der Waals surface area (Å²) in [5, 5.41) is 6.71. The Hall–Kier alpha value is -1.19. The average Bonchev–Trinajstić information content (AvgIpc) is 2.89. The van der Waals surface area contributed by atoms with Crippen LogP contribution in [0, 0.1) is 0 Å². The molecule has 0 radical (unpaired) electrons. The standard InChI is InChI=1S/C15H20N2S/c1-3-8-16-12(2)14-6-4-13(5-7-14)11-15-17-9-10-18-15/h4-7,9-10,12,16H,3,8,11H2,1-2H3. The van der Waals surface area contributed by atoms with Gasteiger partial charge in [-0.15, -0.1) is 11.3 Å². The maximum absolute atomic E-state index is 4.32. The van der Waals surface area contributed by atoms with E-state index in [0.717, 1.165) is 13.0 Å². The van der Waals surface area contributed by atoms with Crippen molar-refractivity contribution in [2.24, 2.45) is 0 Å². The lowest BCUT2D eigenvalue weighted by Crippen LogP contribution is -2.19. The molecule has 1 aromatic heterocycles. The Labute approximate surface area is 113 Å². The van der Waals surface area contributed by atoms with Crippen LogP contribution in [-0.4, -0.2) is 11.5 Å². The predicted octanol–water partition coefficient (Wildman–Crippen LogP) is 3.79. The first kappa shape index (κ1) is 13.2. The molecule has 2 rings (SSSR count). The molecule has 2 aromatic rings. The second kappa shape index (κ2) is 6.66. The highest BCUT2D eigenvalue weighted by molar-refractivity contribution is 7.09. The lowest BCUT2D eigenvalue weighted by Gasteiger charge is -2.13. The summed E-state index contributed by atoms with van der Waals surface area (Å²) in [6, 6.07) is 9.28. The van der Waals surface area contributed by atoms with Crippen LogP contribution in [0.5, 0.6) is 0 Å². The number of nitrogens with zero attached hydrogens (tertiary/aromatic N) is 1. The summed E-state index contributed by atoms with van der Waals surface area (Å²) in [6.45, 7) is 5.48. The molecule has 1 atom stereocenters. The lowest BCUT2D eigenvalue weighted by atomic mass is 10.0. The molecule has 18 heavy (non-hydrogen) atoms. The van der Waals surface area contributed by atoms with Gasteiger partial charge in [0, 0.05) is 24.0 Å². The Morgan fingerprint density at radius 3 is 2.67 bits per heavy atom. The minimum absolute atomic E-state index is 0.430. The van der Waals surface area contributed by atoms with Crippen LogP contribution in [0.15, 0.2) is 35.8 Å². The molecule has 0 fully saturated rings. The molecule has 0 aliphatic heterocycles. The zero-order valence-corrected chi connectivity index (χ0v) is 11.8. The summed E-state index contributed by atoms with van der Waals surface area (Å²) in [5.74, 6) is 0. The van der Waals surface area contributed by atoms with Gasteiger partial charge in [0.05, 0.1) is 5.01 Å². The summed E-state index contributed by atoms with van der Waals surface area (Å²) in [6.07, 6.45) is 3.98. The van der Waals surface area contributed by atoms with Crippen LogP contribution in [0.1, 0.15) is 42.4 Å². The Balaban J connectivity index is 1.96. The van der Waals surface area contributed by atoms with Crippen molar-refractivity contribution in [3.8, 4) is 0 Å². The Bertz CT molecular complexity index is 448. The normalized spacial score (nSPS) is 12.6. The molecule has 96 valence electrons. The van der Waals surface area contributed by atoms with E-state index >= 15 is 0 Å². The molecule has 0 saturated heterocycles. The molecule has 1 N–H and O–H groups in total. The Morgan fingerprint density at radius 1 is 1.28 bits per heavy atom. The van der Waals surface area contributed by atoms with Crippen LogP contribution >= 0.6 is 11.3 Å². The van der Waals surface area contributed by atoms with Gasteiger partial charge >= 0.3 is 0 Å². The van der Waals surface area contributed by atoms with Gasteiger partial charge in [-0.2, -0.15) is 0 Å². The first-order valence-electron chi connectivity index (χ1n) is 6.50. The molecular formula is C15H20N2S. The molecule has 0 bridgehead atoms. The second-order valence-electron chi connectivity index (χ2n) is 4.52. The molecule has 0 spiro atoms. The van der Waals surface area contributed by atoms with Gasteiger partial charge in [0.25, 0.3) is 0 Å². The van der Waals surface area contributed by atoms with Gasteiger partial charge in [-0.05, 0) is 31.0 Å². The molecule has 2 nitrogen and oxygen atoms in total. The number of thiazole rings is 1. The molecule has 1 aromatic carbocycles. The first-order valence-corrected chi connectivity index (χ1v) is 7.38. The number of nitrogens with one attached hydrogen (secondary N) is 1. The van der Waals surface area contributed by atoms with Gasteiger partial charge in [0.1, 0.15) is 0 Å². The fourth-order valence-corrected chi connectivity index (χ4v) is 2.57. The van der Waals surface area contributed by atoms with Crippen LogP contribution in [0.4, 0.5) is 0 Å². The van der Waals surface area contributed by atoms with Crippen LogP contribution in [-0.2, 0) is 6.42 Å². The maximum atomic E-state index is 4.32. The molecular weight excluding hydrogens is 240 g/mol. The Kier molecular flexibility index (Phi) is 4.90. The largest absolute Gasteiger partial charge is 0.310 e. The number of rotatable bonds is 6. The van der Waals surface area contributed by atoms with Gasteiger partial charge in [-0.1, -0.05) is 31.2 Å². The Morgan fingerprint density at radius 2 is 2.06 bits per heavy atom. The number of benzene rings is 1. The van der Waals surface area contributed by atoms with Crippen LogP contribution in [0.25, 0.3) is 0 Å². The van der Waals surface area contributed by atoms with E-state index in [-0.39, 0.29) is 0 Å². The second-order valence-corrected chi connectivity index (χ2v) is 5.50. The van der Waals surface area contributed by atoms with E-state index in [4.69, 9.17) is 0 Å². The summed E-state index contributed by atoms with van der Waals surface area (Å²) >= 11 is 1.72. The van der Waals surface area contributed by atoms with Gasteiger partial charge in [0.15, 0.2) is 0 Å². The van der Waals surface area contributed by atoms with Crippen LogP contribution < -0.4 is 5.32 Å². The van der Waals surface area contributed by atoms with Crippen molar-refractivity contribution in [2.45, 2.75) is 32.7 Å². The first-order chi connectivity index (χ1) is 8.79. The third-order valence-corrected chi connectivity index (χ3v) is 3.80. The van der Waals surface area contributed by atoms with Crippen molar-refractivity contribution < 1.29 is 0 Å². The smallest absolute Gasteiger partial charge is 0.0968 e. The third kappa shape index (κ3) is 3.65. The van der Waals surface area contributed by atoms with E-state index in [9.17, 15) is 0 Å². The molecule has 0 saturated carbocycles. The van der Waals surface area contributed by atoms with Crippen molar-refractivity contribution in [2.75, 3.05) is 6.54 Å². The number of aromatic nitrogens is 1. The topological polar surface area (TPSA) is 24.9 Å². The number of hydrogen-bond acceptors (Lipinski definition) is 3. The van der Waals surface area contributed by atoms with Crippen molar-refractivity contribution in [1.82, 2.24) is 10.3 Å². The van der Waals surface area contributed by atoms with E-state index in [1.807, 2.05) is 11.6 Å². The summed E-state index contributed by atoms with van der Waals surface area (Å²) < 4.78 is 0. The molecule has 1 unspecified atom stereocenters. The minimum Gasteiger partial charge on any atom is -0.310 e. The average molecular weight is 260 g/mol. The monoisotopic (exact) mass is 260 g/mol. The van der Waals surface area contributed by atoms with Gasteiger partial charge in [0.2, 0.25) is 0 Å². The number of hydrogen-bond donors (Lipinski definition) is 1. The highest BCUT2D eigenvalue weighted by Crippen LogP contribution is 2.16. The van der Waals surface area contributed by atoms with E-state index < -0.39 is 0 Å². The summed E-state index contributed by atoms with van der Waals surface area (Å²) in [4.78, 5) is 4.32. The van der Waals surface area contributed by atoms with Crippen molar-refractivity contribution in [3.05, 3.63) is 52.0 Å². The minimum atomic E-state index is 0.430. The highest BCUT2D eigenvalue weighted by atomic mass is 32.1. The zero-order valence-electron chi connectivity index (χ0n) is 11.0. The van der Waals surface area contributed by atoms with E-state index in [1.165, 1.54) is 22.6 Å². The SMILES string of the molecule is CCCNC(C)c1ccc(Cc2nccs2)cc1. The molecule has 0 amide bonds. The lowest BCUT2D eigenvalue weighted by molar-refractivity contribution is 0.570. The molecule has 0 aliphatic rings. The van der Waals surface area contributed by atoms with E-state index in [1.54, 1.807) is 11.3 Å². The van der Waals surface area contributed by atoms with Crippen LogP contribution in [0.3, 0.4) is 0 Å². The van der Waals surface area contributed by atoms with Gasteiger partial charge in [-0.3, -0.25) is 0 Å². The van der Waals surface area contributed by atoms with Crippen molar-refractivity contribution in [1.29, 1.82) is 0 Å². The summed E-state index contributed by atoms with van der Waals surface area (Å²) in [7, 11) is 0. The van der Waals surface area contributed by atoms with Crippen molar-refractivity contribution >= 4 is 11.3 Å². The quantitative estimate of drug-likeness (QED) is 0.854. The molecule has 0 aliphatic carbocycles. The zero-order chi connectivity index (χ0) is 12.8. The van der Waals surface area contributed by atoms with E-state index in [2.05, 4.69) is 48.4 Å². The van der Waals surface area contributed by atoms with Crippen LogP contribution in [0.2, 0.25) is 0 Å². The highest BCUT2D eigenvalue weighted by Gasteiger charge is 2.04. The fraction of sp³-hybridized carbons (Fsp3) is 0.400. The van der Waals surface area contributed by atoms with Crippen molar-refractivity contribution in [3.63, 3.8) is 0 Å². The fourth-order valence-electron chi connectivity index (χ4n) is 1.92. The van der Waals surface area contributed by atoms with Gasteiger partial charge in [-0.25, -0.2) is 4.98 Å².